The second-order valence-electron chi connectivity index (χ2n) is 6.72. The minimum absolute atomic E-state index is 0. The maximum absolute atomic E-state index is 13.9. The van der Waals surface area contributed by atoms with Crippen LogP contribution in [-0.4, -0.2) is 33.8 Å². The first kappa shape index (κ1) is 19.5. The summed E-state index contributed by atoms with van der Waals surface area (Å²) < 4.78 is 28.4. The molecule has 1 aliphatic rings. The molecule has 0 saturated carbocycles. The van der Waals surface area contributed by atoms with Crippen molar-refractivity contribution in [1.29, 1.82) is 0 Å². The molecule has 27 heavy (non-hydrogen) atoms. The third-order valence-electron chi connectivity index (χ3n) is 4.85. The average molecular weight is 391 g/mol. The topological polar surface area (TPSA) is 47.1 Å². The van der Waals surface area contributed by atoms with Gasteiger partial charge in [0.1, 0.15) is 11.5 Å². The Kier molecular flexibility index (Phi) is 5.89. The van der Waals surface area contributed by atoms with Crippen LogP contribution in [0.15, 0.2) is 60.8 Å². The smallest absolute Gasteiger partial charge is 0.151 e. The first-order valence-electron chi connectivity index (χ1n) is 8.63. The Hall–Kier alpha value is -2.28. The van der Waals surface area contributed by atoms with Crippen LogP contribution in [-0.2, 0) is 6.54 Å². The fraction of sp³-hybridized carbons (Fsp3) is 0.250. The van der Waals surface area contributed by atoms with Crippen LogP contribution < -0.4 is 5.73 Å². The summed E-state index contributed by atoms with van der Waals surface area (Å²) in [7, 11) is 0. The van der Waals surface area contributed by atoms with Gasteiger partial charge in [0.25, 0.3) is 0 Å². The van der Waals surface area contributed by atoms with E-state index in [-0.39, 0.29) is 24.1 Å². The summed E-state index contributed by atoms with van der Waals surface area (Å²) >= 11 is 0. The van der Waals surface area contributed by atoms with Crippen molar-refractivity contribution >= 4 is 12.4 Å². The van der Waals surface area contributed by atoms with Crippen molar-refractivity contribution in [3.63, 3.8) is 0 Å². The number of hydrogen-bond donors (Lipinski definition) is 1. The Morgan fingerprint density at radius 3 is 2.56 bits per heavy atom. The fourth-order valence-electron chi connectivity index (χ4n) is 3.57. The first-order valence-corrected chi connectivity index (χ1v) is 8.63. The molecule has 0 aliphatic carbocycles. The molecular weight excluding hydrogens is 370 g/mol. The molecule has 1 aliphatic heterocycles. The van der Waals surface area contributed by atoms with E-state index in [1.807, 2.05) is 24.3 Å². The Labute approximate surface area is 163 Å². The van der Waals surface area contributed by atoms with Crippen molar-refractivity contribution < 1.29 is 8.78 Å². The molecule has 4 nitrogen and oxygen atoms in total. The highest BCUT2D eigenvalue weighted by molar-refractivity contribution is 5.85. The molecule has 2 aromatic carbocycles. The van der Waals surface area contributed by atoms with Crippen molar-refractivity contribution in [3.05, 3.63) is 83.7 Å². The average Bonchev–Trinajstić information content (AvgIpc) is 3.22. The lowest BCUT2D eigenvalue weighted by Gasteiger charge is -2.15. The molecule has 0 radical (unpaired) electrons. The van der Waals surface area contributed by atoms with Gasteiger partial charge in [-0.3, -0.25) is 4.90 Å². The molecule has 7 heteroatoms. The van der Waals surface area contributed by atoms with Crippen LogP contribution in [0.4, 0.5) is 8.78 Å². The zero-order valence-corrected chi connectivity index (χ0v) is 15.4. The summed E-state index contributed by atoms with van der Waals surface area (Å²) in [6, 6.07) is 15.7. The molecule has 0 spiro atoms. The van der Waals surface area contributed by atoms with Crippen molar-refractivity contribution in [2.24, 2.45) is 5.73 Å². The van der Waals surface area contributed by atoms with E-state index in [4.69, 9.17) is 5.73 Å². The summed E-state index contributed by atoms with van der Waals surface area (Å²) in [6.45, 7) is 2.30. The molecule has 0 bridgehead atoms. The normalized spacial score (nSPS) is 19.8. The molecule has 142 valence electrons. The predicted molar refractivity (Wildman–Crippen MR) is 103 cm³/mol. The highest BCUT2D eigenvalue weighted by Gasteiger charge is 2.31. The summed E-state index contributed by atoms with van der Waals surface area (Å²) in [6.07, 6.45) is 1.69. The van der Waals surface area contributed by atoms with E-state index in [0.717, 1.165) is 24.8 Å². The van der Waals surface area contributed by atoms with E-state index in [0.29, 0.717) is 12.5 Å². The zero-order chi connectivity index (χ0) is 18.1. The van der Waals surface area contributed by atoms with E-state index in [9.17, 15) is 8.78 Å². The first-order chi connectivity index (χ1) is 12.6. The monoisotopic (exact) mass is 390 g/mol. The lowest BCUT2D eigenvalue weighted by molar-refractivity contribution is 0.319. The van der Waals surface area contributed by atoms with Crippen LogP contribution >= 0.6 is 12.4 Å². The molecule has 1 saturated heterocycles. The molecule has 0 unspecified atom stereocenters. The SMILES string of the molecule is Cl.N[C@@H]1CN(Cc2ccn(-c3ccc(F)cc3F)n2)C[C@H]1c1ccccc1. The van der Waals surface area contributed by atoms with Crippen molar-refractivity contribution in [3.8, 4) is 5.69 Å². The second-order valence-corrected chi connectivity index (χ2v) is 6.72. The lowest BCUT2D eigenvalue weighted by Crippen LogP contribution is -2.28. The molecule has 2 atom stereocenters. The maximum Gasteiger partial charge on any atom is 0.151 e. The van der Waals surface area contributed by atoms with Crippen LogP contribution in [0.5, 0.6) is 0 Å². The molecule has 4 rings (SSSR count). The number of benzene rings is 2. The molecule has 0 amide bonds. The summed E-state index contributed by atoms with van der Waals surface area (Å²) in [5.74, 6) is -0.934. The number of nitrogens with zero attached hydrogens (tertiary/aromatic N) is 3. The van der Waals surface area contributed by atoms with Gasteiger partial charge in [-0.1, -0.05) is 30.3 Å². The molecule has 2 heterocycles. The molecular formula is C20H21ClF2N4. The van der Waals surface area contributed by atoms with Crippen LogP contribution in [0.3, 0.4) is 0 Å². The zero-order valence-electron chi connectivity index (χ0n) is 14.6. The Balaban J connectivity index is 0.00000210. The van der Waals surface area contributed by atoms with Gasteiger partial charge in [0.2, 0.25) is 0 Å². The predicted octanol–water partition coefficient (Wildman–Crippen LogP) is 3.50. The van der Waals surface area contributed by atoms with Gasteiger partial charge in [-0.15, -0.1) is 12.4 Å². The highest BCUT2D eigenvalue weighted by Crippen LogP contribution is 2.27. The van der Waals surface area contributed by atoms with Crippen LogP contribution in [0.1, 0.15) is 17.2 Å². The standard InChI is InChI=1S/C20H20F2N4.ClH/c21-15-6-7-20(18(22)10-15)26-9-8-16(24-26)11-25-12-17(19(23)13-25)14-4-2-1-3-5-14;/h1-10,17,19H,11-13,23H2;1H/t17-,19+;/m0./s1. The summed E-state index contributed by atoms with van der Waals surface area (Å²) in [5, 5.41) is 4.43. The molecule has 3 aromatic rings. The maximum atomic E-state index is 13.9. The number of likely N-dealkylation sites (tertiary alicyclic amines) is 1. The van der Waals surface area contributed by atoms with Gasteiger partial charge in [0.05, 0.1) is 5.69 Å². The van der Waals surface area contributed by atoms with Gasteiger partial charge in [0.15, 0.2) is 5.82 Å². The minimum atomic E-state index is -0.632. The summed E-state index contributed by atoms with van der Waals surface area (Å²) in [4.78, 5) is 2.26. The van der Waals surface area contributed by atoms with Gasteiger partial charge in [0, 0.05) is 43.9 Å². The second kappa shape index (κ2) is 8.17. The largest absolute Gasteiger partial charge is 0.326 e. The van der Waals surface area contributed by atoms with Gasteiger partial charge >= 0.3 is 0 Å². The highest BCUT2D eigenvalue weighted by atomic mass is 35.5. The van der Waals surface area contributed by atoms with E-state index < -0.39 is 11.6 Å². The number of nitrogens with two attached hydrogens (primary N) is 1. The van der Waals surface area contributed by atoms with Gasteiger partial charge in [-0.25, -0.2) is 13.5 Å². The third kappa shape index (κ3) is 4.18. The number of aromatic nitrogens is 2. The van der Waals surface area contributed by atoms with Gasteiger partial charge in [-0.05, 0) is 23.8 Å². The fourth-order valence-corrected chi connectivity index (χ4v) is 3.57. The Morgan fingerprint density at radius 1 is 1.04 bits per heavy atom. The lowest BCUT2D eigenvalue weighted by atomic mass is 9.95. The van der Waals surface area contributed by atoms with Crippen molar-refractivity contribution in [2.45, 2.75) is 18.5 Å². The minimum Gasteiger partial charge on any atom is -0.326 e. The van der Waals surface area contributed by atoms with Crippen molar-refractivity contribution in [2.75, 3.05) is 13.1 Å². The van der Waals surface area contributed by atoms with E-state index in [1.165, 1.54) is 22.4 Å². The van der Waals surface area contributed by atoms with Crippen molar-refractivity contribution in [1.82, 2.24) is 14.7 Å². The molecule has 1 aromatic heterocycles. The van der Waals surface area contributed by atoms with E-state index in [2.05, 4.69) is 22.1 Å². The van der Waals surface area contributed by atoms with Crippen LogP contribution in [0.2, 0.25) is 0 Å². The van der Waals surface area contributed by atoms with Gasteiger partial charge in [-0.2, -0.15) is 5.10 Å². The van der Waals surface area contributed by atoms with Gasteiger partial charge < -0.3 is 5.73 Å². The number of rotatable bonds is 4. The molecule has 1 fully saturated rings. The Morgan fingerprint density at radius 2 is 1.81 bits per heavy atom. The molecule has 2 N–H and O–H groups in total. The summed E-state index contributed by atoms with van der Waals surface area (Å²) in [5.41, 5.74) is 8.65. The third-order valence-corrected chi connectivity index (χ3v) is 4.85. The van der Waals surface area contributed by atoms with Crippen LogP contribution in [0.25, 0.3) is 5.69 Å². The van der Waals surface area contributed by atoms with E-state index >= 15 is 0 Å². The Bertz CT molecular complexity index is 900. The quantitative estimate of drug-likeness (QED) is 0.741. The number of hydrogen-bond acceptors (Lipinski definition) is 3. The van der Waals surface area contributed by atoms with E-state index in [1.54, 1.807) is 6.20 Å². The van der Waals surface area contributed by atoms with Crippen LogP contribution in [0, 0.1) is 11.6 Å². The number of halogens is 3.